The number of pyridine rings is 1. The fourth-order valence-corrected chi connectivity index (χ4v) is 2.71. The van der Waals surface area contributed by atoms with E-state index in [0.717, 1.165) is 27.9 Å². The summed E-state index contributed by atoms with van der Waals surface area (Å²) in [4.78, 5) is 7.44. The minimum absolute atomic E-state index is 0.568. The number of aromatic nitrogens is 2. The minimum Gasteiger partial charge on any atom is -0.353 e. The summed E-state index contributed by atoms with van der Waals surface area (Å²) in [6, 6.07) is 11.2. The van der Waals surface area contributed by atoms with Gasteiger partial charge in [-0.2, -0.15) is 13.2 Å². The number of fused-ring (bicyclic) bond motifs is 5. The van der Waals surface area contributed by atoms with E-state index in [1.807, 2.05) is 24.3 Å². The van der Waals surface area contributed by atoms with Crippen LogP contribution < -0.4 is 0 Å². The van der Waals surface area contributed by atoms with Gasteiger partial charge in [-0.15, -0.1) is 0 Å². The smallest absolute Gasteiger partial charge is 0.353 e. The lowest BCUT2D eigenvalue weighted by atomic mass is 10.1. The molecule has 2 aromatic heterocycles. The van der Waals surface area contributed by atoms with Crippen molar-refractivity contribution >= 4 is 32.7 Å². The fourth-order valence-electron chi connectivity index (χ4n) is 2.71. The van der Waals surface area contributed by atoms with Gasteiger partial charge in [-0.25, -0.2) is 0 Å². The van der Waals surface area contributed by atoms with Crippen LogP contribution in [0.2, 0.25) is 0 Å². The Labute approximate surface area is 117 Å². The molecule has 0 amide bonds. The maximum atomic E-state index is 12.9. The molecule has 0 atom stereocenters. The molecule has 0 aliphatic carbocycles. The Balaban J connectivity index is 2.19. The first-order chi connectivity index (χ1) is 10.0. The number of hydrogen-bond acceptors (Lipinski definition) is 1. The molecule has 0 fully saturated rings. The average Bonchev–Trinajstić information content (AvgIpc) is 2.84. The van der Waals surface area contributed by atoms with Gasteiger partial charge in [-0.05, 0) is 24.3 Å². The van der Waals surface area contributed by atoms with Crippen molar-refractivity contribution < 1.29 is 13.2 Å². The summed E-state index contributed by atoms with van der Waals surface area (Å²) in [7, 11) is 0. The summed E-state index contributed by atoms with van der Waals surface area (Å²) in [5.74, 6) is 0. The highest BCUT2D eigenvalue weighted by Crippen LogP contribution is 2.36. The van der Waals surface area contributed by atoms with Crippen LogP contribution >= 0.6 is 0 Å². The van der Waals surface area contributed by atoms with E-state index in [-0.39, 0.29) is 0 Å². The Morgan fingerprint density at radius 1 is 0.905 bits per heavy atom. The van der Waals surface area contributed by atoms with Crippen molar-refractivity contribution in [2.24, 2.45) is 0 Å². The van der Waals surface area contributed by atoms with E-state index >= 15 is 0 Å². The summed E-state index contributed by atoms with van der Waals surface area (Å²) in [5, 5.41) is 2.20. The van der Waals surface area contributed by atoms with Gasteiger partial charge in [0, 0.05) is 21.7 Å². The number of benzene rings is 2. The molecule has 0 aliphatic rings. The fraction of sp³-hybridized carbons (Fsp3) is 0.0625. The molecule has 2 heterocycles. The van der Waals surface area contributed by atoms with Gasteiger partial charge in [0.25, 0.3) is 0 Å². The molecule has 104 valence electrons. The number of nitrogens with one attached hydrogen (secondary N) is 1. The number of halogens is 3. The van der Waals surface area contributed by atoms with Gasteiger partial charge < -0.3 is 4.98 Å². The van der Waals surface area contributed by atoms with Crippen LogP contribution in [0.1, 0.15) is 5.56 Å². The summed E-state index contributed by atoms with van der Waals surface area (Å²) < 4.78 is 38.7. The van der Waals surface area contributed by atoms with Gasteiger partial charge in [0.1, 0.15) is 0 Å². The Kier molecular flexibility index (Phi) is 2.31. The highest BCUT2D eigenvalue weighted by molar-refractivity contribution is 6.19. The van der Waals surface area contributed by atoms with Crippen molar-refractivity contribution in [3.05, 3.63) is 54.2 Å². The summed E-state index contributed by atoms with van der Waals surface area (Å²) in [6.45, 7) is 0. The molecule has 2 nitrogen and oxygen atoms in total. The molecule has 5 heteroatoms. The zero-order valence-electron chi connectivity index (χ0n) is 10.7. The molecule has 4 rings (SSSR count). The third kappa shape index (κ3) is 1.77. The lowest BCUT2D eigenvalue weighted by Gasteiger charge is -2.06. The SMILES string of the molecule is FC(F)(F)c1ccc2[nH]c3cnc4ccccc4c3c2c1. The highest BCUT2D eigenvalue weighted by Gasteiger charge is 2.30. The van der Waals surface area contributed by atoms with Crippen LogP contribution in [0.4, 0.5) is 13.2 Å². The van der Waals surface area contributed by atoms with E-state index in [4.69, 9.17) is 0 Å². The predicted molar refractivity (Wildman–Crippen MR) is 76.1 cm³/mol. The summed E-state index contributed by atoms with van der Waals surface area (Å²) in [5.41, 5.74) is 1.54. The van der Waals surface area contributed by atoms with Crippen molar-refractivity contribution in [1.82, 2.24) is 9.97 Å². The second kappa shape index (κ2) is 3.97. The Bertz CT molecular complexity index is 983. The zero-order chi connectivity index (χ0) is 14.6. The van der Waals surface area contributed by atoms with Gasteiger partial charge >= 0.3 is 6.18 Å². The van der Waals surface area contributed by atoms with Crippen molar-refractivity contribution in [3.63, 3.8) is 0 Å². The number of H-pyrrole nitrogens is 1. The summed E-state index contributed by atoms with van der Waals surface area (Å²) >= 11 is 0. The first kappa shape index (κ1) is 12.2. The maximum Gasteiger partial charge on any atom is 0.416 e. The highest BCUT2D eigenvalue weighted by atomic mass is 19.4. The minimum atomic E-state index is -4.35. The van der Waals surface area contributed by atoms with Crippen molar-refractivity contribution in [2.45, 2.75) is 6.18 Å². The lowest BCUT2D eigenvalue weighted by Crippen LogP contribution is -2.03. The Hall–Kier alpha value is -2.56. The van der Waals surface area contributed by atoms with E-state index in [2.05, 4.69) is 9.97 Å². The first-order valence-corrected chi connectivity index (χ1v) is 6.40. The molecular weight excluding hydrogens is 277 g/mol. The first-order valence-electron chi connectivity index (χ1n) is 6.40. The van der Waals surface area contributed by atoms with Crippen molar-refractivity contribution in [3.8, 4) is 0 Å². The van der Waals surface area contributed by atoms with E-state index in [9.17, 15) is 13.2 Å². The molecule has 4 aromatic rings. The molecule has 21 heavy (non-hydrogen) atoms. The van der Waals surface area contributed by atoms with Crippen LogP contribution in [0.3, 0.4) is 0 Å². The van der Waals surface area contributed by atoms with E-state index in [1.165, 1.54) is 12.1 Å². The number of para-hydroxylation sites is 1. The monoisotopic (exact) mass is 286 g/mol. The second-order valence-electron chi connectivity index (χ2n) is 4.95. The van der Waals surface area contributed by atoms with E-state index in [0.29, 0.717) is 10.9 Å². The van der Waals surface area contributed by atoms with Crippen LogP contribution in [0.25, 0.3) is 32.7 Å². The second-order valence-corrected chi connectivity index (χ2v) is 4.95. The molecular formula is C16H9F3N2. The molecule has 0 saturated heterocycles. The van der Waals surface area contributed by atoms with Gasteiger partial charge in [0.2, 0.25) is 0 Å². The van der Waals surface area contributed by atoms with Gasteiger partial charge in [-0.3, -0.25) is 4.98 Å². The number of hydrogen-bond donors (Lipinski definition) is 1. The summed E-state index contributed by atoms with van der Waals surface area (Å²) in [6.07, 6.45) is -2.69. The molecule has 0 bridgehead atoms. The third-order valence-electron chi connectivity index (χ3n) is 3.66. The number of nitrogens with zero attached hydrogens (tertiary/aromatic N) is 1. The van der Waals surface area contributed by atoms with Crippen molar-refractivity contribution in [2.75, 3.05) is 0 Å². The maximum absolute atomic E-state index is 12.9. The van der Waals surface area contributed by atoms with E-state index in [1.54, 1.807) is 6.20 Å². The van der Waals surface area contributed by atoms with Gasteiger partial charge in [-0.1, -0.05) is 18.2 Å². The largest absolute Gasteiger partial charge is 0.416 e. The van der Waals surface area contributed by atoms with Crippen LogP contribution in [-0.2, 0) is 6.18 Å². The van der Waals surface area contributed by atoms with Crippen LogP contribution in [0, 0.1) is 0 Å². The molecule has 2 aromatic carbocycles. The zero-order valence-corrected chi connectivity index (χ0v) is 10.7. The molecule has 0 radical (unpaired) electrons. The van der Waals surface area contributed by atoms with Gasteiger partial charge in [0.05, 0.1) is 22.8 Å². The molecule has 0 unspecified atom stereocenters. The number of alkyl halides is 3. The average molecular weight is 286 g/mol. The Morgan fingerprint density at radius 3 is 2.52 bits per heavy atom. The van der Waals surface area contributed by atoms with Crippen molar-refractivity contribution in [1.29, 1.82) is 0 Å². The standard InChI is InChI=1S/C16H9F3N2/c17-16(18,19)9-5-6-13-11(7-9)15-10-3-1-2-4-12(10)20-8-14(15)21-13/h1-8,21H. The predicted octanol–water partition coefficient (Wildman–Crippen LogP) is 4.89. The van der Waals surface area contributed by atoms with E-state index < -0.39 is 11.7 Å². The Morgan fingerprint density at radius 2 is 1.71 bits per heavy atom. The normalized spacial score (nSPS) is 12.5. The molecule has 0 aliphatic heterocycles. The van der Waals surface area contributed by atoms with Crippen LogP contribution in [0.15, 0.2) is 48.7 Å². The van der Waals surface area contributed by atoms with Crippen LogP contribution in [0.5, 0.6) is 0 Å². The third-order valence-corrected chi connectivity index (χ3v) is 3.66. The molecule has 1 N–H and O–H groups in total. The quantitative estimate of drug-likeness (QED) is 0.490. The topological polar surface area (TPSA) is 28.7 Å². The number of aromatic amines is 1. The molecule has 0 spiro atoms. The van der Waals surface area contributed by atoms with Gasteiger partial charge in [0.15, 0.2) is 0 Å². The number of rotatable bonds is 0. The molecule has 0 saturated carbocycles. The lowest BCUT2D eigenvalue weighted by molar-refractivity contribution is -0.137. The van der Waals surface area contributed by atoms with Crippen LogP contribution in [-0.4, -0.2) is 9.97 Å².